The molecule has 0 aliphatic heterocycles. The van der Waals surface area contributed by atoms with Crippen LogP contribution >= 0.6 is 0 Å². The van der Waals surface area contributed by atoms with Crippen molar-refractivity contribution in [1.29, 1.82) is 0 Å². The molecule has 6 saturated carbocycles. The van der Waals surface area contributed by atoms with E-state index in [-0.39, 0.29) is 66.5 Å². The molecule has 8 nitrogen and oxygen atoms in total. The van der Waals surface area contributed by atoms with Crippen LogP contribution in [0.25, 0.3) is 0 Å². The van der Waals surface area contributed by atoms with Gasteiger partial charge in [0.1, 0.15) is 17.5 Å². The summed E-state index contributed by atoms with van der Waals surface area (Å²) in [6.45, 7) is 12.2. The standard InChI is InChI=1S/C45H58O8/c1-25-6-9-30-27(20-25)7-10-31-33-12-13-37(43(33,4)22-26(2)40(30)31)53-39(50)15-14-38(49)52-24-36(48)45(51)19-17-34-32-11-8-28-21-29(46)16-18-42(28,3)41(32)35(47)23-44(34,45)5/h16,18,20-21,26,30-34,37,40-41,51H,1,6-15,17,19,22-24H2,2-5H3. The van der Waals surface area contributed by atoms with Gasteiger partial charge < -0.3 is 14.6 Å². The molecule has 286 valence electrons. The Morgan fingerprint density at radius 1 is 0.906 bits per heavy atom. The van der Waals surface area contributed by atoms with Gasteiger partial charge in [0.2, 0.25) is 5.78 Å². The van der Waals surface area contributed by atoms with Gasteiger partial charge in [-0.2, -0.15) is 0 Å². The second-order valence-corrected chi connectivity index (χ2v) is 19.2. The van der Waals surface area contributed by atoms with Gasteiger partial charge in [-0.1, -0.05) is 63.1 Å². The average Bonchev–Trinajstić information content (AvgIpc) is 3.57. The summed E-state index contributed by atoms with van der Waals surface area (Å²) in [5.74, 6) is 0.976. The first kappa shape index (κ1) is 36.8. The van der Waals surface area contributed by atoms with Gasteiger partial charge in [-0.05, 0) is 124 Å². The van der Waals surface area contributed by atoms with Gasteiger partial charge in [0, 0.05) is 28.6 Å². The zero-order valence-electron chi connectivity index (χ0n) is 32.1. The Bertz CT molecular complexity index is 1730. The molecule has 13 unspecified atom stereocenters. The average molecular weight is 727 g/mol. The van der Waals surface area contributed by atoms with E-state index in [1.54, 1.807) is 17.7 Å². The van der Waals surface area contributed by atoms with E-state index < -0.39 is 40.8 Å². The van der Waals surface area contributed by atoms with E-state index in [0.717, 1.165) is 44.1 Å². The molecule has 0 aromatic rings. The van der Waals surface area contributed by atoms with Crippen molar-refractivity contribution in [2.24, 2.45) is 63.6 Å². The van der Waals surface area contributed by atoms with E-state index in [4.69, 9.17) is 9.47 Å². The van der Waals surface area contributed by atoms with Crippen molar-refractivity contribution in [2.75, 3.05) is 6.61 Å². The quantitative estimate of drug-likeness (QED) is 0.270. The maximum absolute atomic E-state index is 13.9. The van der Waals surface area contributed by atoms with Crippen LogP contribution < -0.4 is 0 Å². The molecule has 0 aromatic heterocycles. The van der Waals surface area contributed by atoms with Crippen molar-refractivity contribution < 1.29 is 38.6 Å². The van der Waals surface area contributed by atoms with Gasteiger partial charge in [0.05, 0.1) is 12.8 Å². The van der Waals surface area contributed by atoms with Gasteiger partial charge >= 0.3 is 11.9 Å². The minimum atomic E-state index is -1.79. The topological polar surface area (TPSA) is 124 Å². The molecule has 8 heteroatoms. The highest BCUT2D eigenvalue weighted by atomic mass is 16.5. The van der Waals surface area contributed by atoms with Crippen molar-refractivity contribution in [3.63, 3.8) is 0 Å². The number of hydrogen-bond acceptors (Lipinski definition) is 8. The third-order valence-electron chi connectivity index (χ3n) is 16.7. The number of allylic oxidation sites excluding steroid dienone is 7. The summed E-state index contributed by atoms with van der Waals surface area (Å²) in [6, 6.07) is 0. The lowest BCUT2D eigenvalue weighted by Crippen LogP contribution is -2.60. The second-order valence-electron chi connectivity index (χ2n) is 19.2. The molecule has 1 N–H and O–H groups in total. The van der Waals surface area contributed by atoms with E-state index in [2.05, 4.69) is 26.5 Å². The highest BCUT2D eigenvalue weighted by Crippen LogP contribution is 2.67. The number of ketones is 3. The molecule has 13 atom stereocenters. The predicted octanol–water partition coefficient (Wildman–Crippen LogP) is 7.38. The largest absolute Gasteiger partial charge is 0.462 e. The summed E-state index contributed by atoms with van der Waals surface area (Å²) in [4.78, 5) is 65.7. The maximum Gasteiger partial charge on any atom is 0.306 e. The van der Waals surface area contributed by atoms with Crippen molar-refractivity contribution in [1.82, 2.24) is 0 Å². The van der Waals surface area contributed by atoms with Crippen LogP contribution in [0.5, 0.6) is 0 Å². The summed E-state index contributed by atoms with van der Waals surface area (Å²) < 4.78 is 11.5. The normalized spacial score (nSPS) is 45.4. The van der Waals surface area contributed by atoms with Crippen molar-refractivity contribution in [3.8, 4) is 0 Å². The lowest BCUT2D eigenvalue weighted by molar-refractivity contribution is -0.173. The molecule has 0 aromatic carbocycles. The van der Waals surface area contributed by atoms with Crippen molar-refractivity contribution in [2.45, 2.75) is 129 Å². The van der Waals surface area contributed by atoms with Gasteiger partial charge in [-0.15, -0.1) is 0 Å². The Morgan fingerprint density at radius 2 is 1.66 bits per heavy atom. The van der Waals surface area contributed by atoms with Crippen LogP contribution in [0.4, 0.5) is 0 Å². The summed E-state index contributed by atoms with van der Waals surface area (Å²) in [5.41, 5.74) is 0.492. The Balaban J connectivity index is 0.845. The molecule has 0 saturated heterocycles. The number of aliphatic hydroxyl groups is 1. The Kier molecular flexibility index (Phi) is 9.02. The Morgan fingerprint density at radius 3 is 2.45 bits per heavy atom. The zero-order chi connectivity index (χ0) is 37.7. The SMILES string of the molecule is C=C1C=C2CCC3C(C(C)CC4(C)C(OC(=O)CCC(=O)OCC(=O)C5(O)CCC6C7CCC8=CC(=O)C=CC8(C)C7C(=O)CC65C)CCC34)C2CC1. The van der Waals surface area contributed by atoms with E-state index in [1.165, 1.54) is 18.4 Å². The van der Waals surface area contributed by atoms with E-state index >= 15 is 0 Å². The monoisotopic (exact) mass is 726 g/mol. The molecule has 0 amide bonds. The summed E-state index contributed by atoms with van der Waals surface area (Å²) in [6.07, 6.45) is 16.9. The van der Waals surface area contributed by atoms with Crippen LogP contribution in [-0.4, -0.2) is 52.7 Å². The number of fused-ring (bicyclic) bond motifs is 10. The smallest absolute Gasteiger partial charge is 0.306 e. The predicted molar refractivity (Wildman–Crippen MR) is 198 cm³/mol. The van der Waals surface area contributed by atoms with Gasteiger partial charge in [0.25, 0.3) is 0 Å². The number of esters is 2. The highest BCUT2D eigenvalue weighted by Gasteiger charge is 2.68. The third-order valence-corrected chi connectivity index (χ3v) is 16.7. The van der Waals surface area contributed by atoms with Gasteiger partial charge in [0.15, 0.2) is 12.4 Å². The molecular formula is C45H58O8. The fourth-order valence-corrected chi connectivity index (χ4v) is 14.3. The third kappa shape index (κ3) is 5.65. The number of hydrogen-bond donors (Lipinski definition) is 1. The van der Waals surface area contributed by atoms with Crippen LogP contribution in [0, 0.1) is 63.6 Å². The van der Waals surface area contributed by atoms with E-state index in [0.29, 0.717) is 42.4 Å². The number of rotatable bonds is 7. The summed E-state index contributed by atoms with van der Waals surface area (Å²) >= 11 is 0. The van der Waals surface area contributed by atoms with Crippen LogP contribution in [0.2, 0.25) is 0 Å². The Hall–Kier alpha value is -3.13. The van der Waals surface area contributed by atoms with Crippen LogP contribution in [-0.2, 0) is 33.4 Å². The van der Waals surface area contributed by atoms with Gasteiger partial charge in [-0.25, -0.2) is 0 Å². The molecule has 8 rings (SSSR count). The Labute approximate surface area is 314 Å². The molecule has 8 aliphatic carbocycles. The fraction of sp³-hybridized carbons (Fsp3) is 0.711. The molecule has 8 aliphatic rings. The number of ether oxygens (including phenoxy) is 2. The fourth-order valence-electron chi connectivity index (χ4n) is 14.3. The first-order valence-electron chi connectivity index (χ1n) is 20.5. The molecule has 0 radical (unpaired) electrons. The van der Waals surface area contributed by atoms with E-state index in [1.807, 2.05) is 19.9 Å². The minimum absolute atomic E-state index is 0.00953. The molecule has 0 spiro atoms. The molecule has 0 bridgehead atoms. The minimum Gasteiger partial charge on any atom is -0.462 e. The van der Waals surface area contributed by atoms with Crippen molar-refractivity contribution >= 4 is 29.3 Å². The lowest BCUT2D eigenvalue weighted by Gasteiger charge is -2.56. The highest BCUT2D eigenvalue weighted by molar-refractivity contribution is 6.02. The van der Waals surface area contributed by atoms with Crippen LogP contribution in [0.1, 0.15) is 118 Å². The number of carbonyl (C=O) groups is 5. The van der Waals surface area contributed by atoms with E-state index in [9.17, 15) is 29.1 Å². The molecule has 0 heterocycles. The van der Waals surface area contributed by atoms with Crippen LogP contribution in [0.3, 0.4) is 0 Å². The lowest BCUT2D eigenvalue weighted by atomic mass is 9.46. The van der Waals surface area contributed by atoms with Crippen molar-refractivity contribution in [3.05, 3.63) is 47.6 Å². The molecule has 53 heavy (non-hydrogen) atoms. The summed E-state index contributed by atoms with van der Waals surface area (Å²) in [7, 11) is 0. The number of Topliss-reactive ketones (excluding diaryl/α,β-unsaturated/α-hetero) is 2. The summed E-state index contributed by atoms with van der Waals surface area (Å²) in [5, 5.41) is 12.0. The second kappa shape index (κ2) is 13.0. The first-order chi connectivity index (χ1) is 25.1. The maximum atomic E-state index is 13.9. The first-order valence-corrected chi connectivity index (χ1v) is 20.5. The number of carbonyl (C=O) groups excluding carboxylic acids is 5. The zero-order valence-corrected chi connectivity index (χ0v) is 32.1. The molecule has 6 fully saturated rings. The van der Waals surface area contributed by atoms with Crippen LogP contribution in [0.15, 0.2) is 47.6 Å². The van der Waals surface area contributed by atoms with Gasteiger partial charge in [-0.3, -0.25) is 24.0 Å². The molecular weight excluding hydrogens is 668 g/mol.